The van der Waals surface area contributed by atoms with Crippen LogP contribution in [0.5, 0.6) is 0 Å². The third kappa shape index (κ3) is 2.43. The van der Waals surface area contributed by atoms with Gasteiger partial charge in [0.05, 0.1) is 9.98 Å². The van der Waals surface area contributed by atoms with Gasteiger partial charge in [0.2, 0.25) is 0 Å². The summed E-state index contributed by atoms with van der Waals surface area (Å²) in [6, 6.07) is 2.11. The molecule has 0 aliphatic rings. The topological polar surface area (TPSA) is 59.5 Å². The first-order valence-corrected chi connectivity index (χ1v) is 7.34. The maximum absolute atomic E-state index is 5.83. The first-order chi connectivity index (χ1) is 9.13. The van der Waals surface area contributed by atoms with E-state index >= 15 is 0 Å². The molecule has 7 heteroatoms. The third-order valence-corrected chi connectivity index (χ3v) is 4.33. The van der Waals surface area contributed by atoms with Crippen LogP contribution in [0.3, 0.4) is 0 Å². The number of hydrogen-bond donors (Lipinski definition) is 1. The monoisotopic (exact) mass is 337 g/mol. The minimum absolute atomic E-state index is 0.485. The smallest absolute Gasteiger partial charge is 0.180 e. The molecule has 3 aromatic heterocycles. The van der Waals surface area contributed by atoms with Gasteiger partial charge in [0.1, 0.15) is 5.82 Å². The number of hydrogen-bond acceptors (Lipinski definition) is 5. The van der Waals surface area contributed by atoms with E-state index in [1.165, 1.54) is 5.56 Å². The van der Waals surface area contributed by atoms with Crippen molar-refractivity contribution in [3.05, 3.63) is 39.4 Å². The largest absolute Gasteiger partial charge is 0.382 e. The van der Waals surface area contributed by atoms with Gasteiger partial charge in [-0.25, -0.2) is 9.97 Å². The molecule has 0 bridgehead atoms. The second-order valence-corrected chi connectivity index (χ2v) is 6.55. The van der Waals surface area contributed by atoms with Crippen molar-refractivity contribution in [3.8, 4) is 0 Å². The van der Waals surface area contributed by atoms with Gasteiger partial charge in [-0.1, -0.05) is 0 Å². The minimum Gasteiger partial charge on any atom is -0.382 e. The van der Waals surface area contributed by atoms with Gasteiger partial charge in [-0.2, -0.15) is 0 Å². The standard InChI is InChI=1S/C12H12BrN5S/c1-17(5-8-4-9(13)19-7-8)12-11-15-2-3-18(11)6-10(14)16-12/h2-4,6-7H,5,14H2,1H3. The lowest BCUT2D eigenvalue weighted by atomic mass is 10.3. The van der Waals surface area contributed by atoms with Gasteiger partial charge in [0.25, 0.3) is 0 Å². The quantitative estimate of drug-likeness (QED) is 0.798. The molecule has 0 radical (unpaired) electrons. The van der Waals surface area contributed by atoms with E-state index in [4.69, 9.17) is 5.73 Å². The molecule has 0 saturated heterocycles. The van der Waals surface area contributed by atoms with Crippen molar-refractivity contribution in [1.82, 2.24) is 14.4 Å². The highest BCUT2D eigenvalue weighted by Gasteiger charge is 2.12. The second-order valence-electron chi connectivity index (χ2n) is 4.26. The van der Waals surface area contributed by atoms with Gasteiger partial charge in [-0.05, 0) is 32.9 Å². The molecule has 0 aliphatic heterocycles. The number of fused-ring (bicyclic) bond motifs is 1. The Hall–Kier alpha value is -1.60. The Morgan fingerprint density at radius 1 is 1.53 bits per heavy atom. The molecule has 5 nitrogen and oxygen atoms in total. The molecule has 0 aromatic carbocycles. The molecule has 2 N–H and O–H groups in total. The molecule has 3 aromatic rings. The van der Waals surface area contributed by atoms with Crippen LogP contribution in [-0.4, -0.2) is 21.4 Å². The number of imidazole rings is 1. The molecular formula is C12H12BrN5S. The highest BCUT2D eigenvalue weighted by molar-refractivity contribution is 9.11. The summed E-state index contributed by atoms with van der Waals surface area (Å²) in [6.45, 7) is 0.765. The molecule has 98 valence electrons. The zero-order valence-corrected chi connectivity index (χ0v) is 12.6. The first-order valence-electron chi connectivity index (χ1n) is 5.67. The van der Waals surface area contributed by atoms with Crippen molar-refractivity contribution in [1.29, 1.82) is 0 Å². The molecule has 0 atom stereocenters. The van der Waals surface area contributed by atoms with Crippen molar-refractivity contribution < 1.29 is 0 Å². The molecule has 0 unspecified atom stereocenters. The van der Waals surface area contributed by atoms with Crippen LogP contribution in [0.2, 0.25) is 0 Å². The van der Waals surface area contributed by atoms with E-state index in [2.05, 4.69) is 37.3 Å². The lowest BCUT2D eigenvalue weighted by Gasteiger charge is -2.18. The van der Waals surface area contributed by atoms with E-state index in [-0.39, 0.29) is 0 Å². The highest BCUT2D eigenvalue weighted by Crippen LogP contribution is 2.24. The van der Waals surface area contributed by atoms with E-state index in [0.29, 0.717) is 5.82 Å². The maximum Gasteiger partial charge on any atom is 0.180 e. The molecule has 0 spiro atoms. The average molecular weight is 338 g/mol. The minimum atomic E-state index is 0.485. The zero-order valence-electron chi connectivity index (χ0n) is 10.2. The number of halogens is 1. The van der Waals surface area contributed by atoms with Gasteiger partial charge < -0.3 is 15.0 Å². The van der Waals surface area contributed by atoms with E-state index < -0.39 is 0 Å². The molecule has 3 heterocycles. The summed E-state index contributed by atoms with van der Waals surface area (Å²) in [4.78, 5) is 10.8. The SMILES string of the molecule is CN(Cc1csc(Br)c1)c1nc(N)cn2ccnc12. The summed E-state index contributed by atoms with van der Waals surface area (Å²) in [5, 5.41) is 2.12. The predicted molar refractivity (Wildman–Crippen MR) is 81.5 cm³/mol. The Bertz CT molecular complexity index is 720. The van der Waals surface area contributed by atoms with Gasteiger partial charge in [-0.3, -0.25) is 0 Å². The summed E-state index contributed by atoms with van der Waals surface area (Å²) in [6.07, 6.45) is 5.38. The lowest BCUT2D eigenvalue weighted by Crippen LogP contribution is -2.19. The number of rotatable bonds is 3. The molecule has 0 amide bonds. The molecule has 0 saturated carbocycles. The van der Waals surface area contributed by atoms with Crippen LogP contribution in [0, 0.1) is 0 Å². The fraction of sp³-hybridized carbons (Fsp3) is 0.167. The van der Waals surface area contributed by atoms with Crippen molar-refractivity contribution in [3.63, 3.8) is 0 Å². The summed E-state index contributed by atoms with van der Waals surface area (Å²) in [7, 11) is 1.99. The zero-order chi connectivity index (χ0) is 13.4. The van der Waals surface area contributed by atoms with Crippen molar-refractivity contribution in [2.24, 2.45) is 0 Å². The van der Waals surface area contributed by atoms with Crippen LogP contribution in [0.4, 0.5) is 11.6 Å². The van der Waals surface area contributed by atoms with Gasteiger partial charge in [-0.15, -0.1) is 11.3 Å². The highest BCUT2D eigenvalue weighted by atomic mass is 79.9. The third-order valence-electron chi connectivity index (χ3n) is 2.78. The van der Waals surface area contributed by atoms with Gasteiger partial charge in [0, 0.05) is 26.0 Å². The molecule has 0 fully saturated rings. The Morgan fingerprint density at radius 3 is 3.11 bits per heavy atom. The molecule has 0 aliphatic carbocycles. The number of aromatic nitrogens is 3. The Balaban J connectivity index is 1.96. The van der Waals surface area contributed by atoms with E-state index in [1.54, 1.807) is 23.7 Å². The normalized spacial score (nSPS) is 11.1. The predicted octanol–water partition coefficient (Wildman–Crippen LogP) is 2.77. The fourth-order valence-corrected chi connectivity index (χ4v) is 3.17. The number of anilines is 2. The van der Waals surface area contributed by atoms with Gasteiger partial charge >= 0.3 is 0 Å². The summed E-state index contributed by atoms with van der Waals surface area (Å²) in [5.74, 6) is 1.27. The van der Waals surface area contributed by atoms with Crippen LogP contribution in [0.15, 0.2) is 33.8 Å². The van der Waals surface area contributed by atoms with Crippen LogP contribution >= 0.6 is 27.3 Å². The number of nitrogen functional groups attached to an aromatic ring is 1. The Kier molecular flexibility index (Phi) is 3.16. The summed E-state index contributed by atoms with van der Waals surface area (Å²) >= 11 is 5.15. The van der Waals surface area contributed by atoms with Crippen molar-refractivity contribution >= 4 is 44.5 Å². The lowest BCUT2D eigenvalue weighted by molar-refractivity contribution is 0.897. The fourth-order valence-electron chi connectivity index (χ4n) is 1.97. The number of nitrogens with zero attached hydrogens (tertiary/aromatic N) is 4. The van der Waals surface area contributed by atoms with Crippen LogP contribution in [0.1, 0.15) is 5.56 Å². The number of nitrogens with two attached hydrogens (primary N) is 1. The van der Waals surface area contributed by atoms with Gasteiger partial charge in [0.15, 0.2) is 11.5 Å². The molecular weight excluding hydrogens is 326 g/mol. The van der Waals surface area contributed by atoms with Crippen LogP contribution in [0.25, 0.3) is 5.65 Å². The van der Waals surface area contributed by atoms with Crippen LogP contribution < -0.4 is 10.6 Å². The molecule has 19 heavy (non-hydrogen) atoms. The van der Waals surface area contributed by atoms with E-state index in [1.807, 2.05) is 22.5 Å². The van der Waals surface area contributed by atoms with Crippen molar-refractivity contribution in [2.45, 2.75) is 6.54 Å². The number of thiophene rings is 1. The van der Waals surface area contributed by atoms with E-state index in [9.17, 15) is 0 Å². The maximum atomic E-state index is 5.83. The summed E-state index contributed by atoms with van der Waals surface area (Å²) in [5.41, 5.74) is 7.87. The average Bonchev–Trinajstić information content (AvgIpc) is 2.96. The van der Waals surface area contributed by atoms with Crippen molar-refractivity contribution in [2.75, 3.05) is 17.7 Å². The van der Waals surface area contributed by atoms with Crippen LogP contribution in [-0.2, 0) is 6.54 Å². The second kappa shape index (κ2) is 4.82. The summed E-state index contributed by atoms with van der Waals surface area (Å²) < 4.78 is 3.01. The Labute approximate surface area is 122 Å². The van der Waals surface area contributed by atoms with E-state index in [0.717, 1.165) is 21.8 Å². The first kappa shape index (κ1) is 12.4. The Morgan fingerprint density at radius 2 is 2.37 bits per heavy atom. The molecule has 3 rings (SSSR count).